The third-order valence-electron chi connectivity index (χ3n) is 4.82. The lowest BCUT2D eigenvalue weighted by Gasteiger charge is -2.32. The zero-order valence-corrected chi connectivity index (χ0v) is 20.9. The van der Waals surface area contributed by atoms with Crippen molar-refractivity contribution in [3.63, 3.8) is 0 Å². The van der Waals surface area contributed by atoms with Gasteiger partial charge in [-0.25, -0.2) is 0 Å². The lowest BCUT2D eigenvalue weighted by molar-refractivity contribution is 0.158. The van der Waals surface area contributed by atoms with E-state index in [-0.39, 0.29) is 0 Å². The molecule has 0 N–H and O–H groups in total. The summed E-state index contributed by atoms with van der Waals surface area (Å²) in [5.74, 6) is 0. The molecular formula is C28H49N. The zero-order valence-electron chi connectivity index (χ0n) is 20.9. The fourth-order valence-electron chi connectivity index (χ4n) is 3.02. The molecule has 0 aromatic heterocycles. The summed E-state index contributed by atoms with van der Waals surface area (Å²) in [6.07, 6.45) is 13.6. The van der Waals surface area contributed by atoms with Gasteiger partial charge in [-0.1, -0.05) is 94.0 Å². The monoisotopic (exact) mass is 399 g/mol. The second-order valence-electron chi connectivity index (χ2n) is 7.46. The predicted octanol–water partition coefficient (Wildman–Crippen LogP) is 8.85. The lowest BCUT2D eigenvalue weighted by atomic mass is 10.0. The Morgan fingerprint density at radius 1 is 0.931 bits per heavy atom. The summed E-state index contributed by atoms with van der Waals surface area (Å²) in [6.45, 7) is 21.0. The second-order valence-corrected chi connectivity index (χ2v) is 7.46. The van der Waals surface area contributed by atoms with Crippen LogP contribution >= 0.6 is 0 Å². The number of hydrogen-bond donors (Lipinski definition) is 0. The maximum Gasteiger partial charge on any atom is 0.00670 e. The molecule has 0 saturated heterocycles. The average molecular weight is 400 g/mol. The molecule has 1 aromatic carbocycles. The standard InChI is InChI=1S/C20H37N.C6H6.C2H6/c1-8-11-14-20(10-3)16-18(6)13-12-15-21(17(4)5)19(7)9-2;1-2-4-6-5-3-1;1-2/h8,11,14,16-17,19H,9-10,12-13,15H2,1-7H3;1-6H;1-2H3/b11-8+,18-16+,20-14-;;. The van der Waals surface area contributed by atoms with E-state index in [1.165, 1.54) is 37.0 Å². The van der Waals surface area contributed by atoms with Crippen molar-refractivity contribution >= 4 is 0 Å². The van der Waals surface area contributed by atoms with Gasteiger partial charge in [0.1, 0.15) is 0 Å². The van der Waals surface area contributed by atoms with Gasteiger partial charge in [-0.15, -0.1) is 0 Å². The number of rotatable bonds is 10. The highest BCUT2D eigenvalue weighted by atomic mass is 15.2. The molecule has 0 fully saturated rings. The fraction of sp³-hybridized carbons (Fsp3) is 0.571. The Balaban J connectivity index is 0. The minimum absolute atomic E-state index is 0.644. The van der Waals surface area contributed by atoms with Crippen molar-refractivity contribution in [2.45, 2.75) is 100 Å². The highest BCUT2D eigenvalue weighted by Crippen LogP contribution is 2.15. The van der Waals surface area contributed by atoms with Gasteiger partial charge >= 0.3 is 0 Å². The quantitative estimate of drug-likeness (QED) is 0.355. The minimum atomic E-state index is 0.644. The summed E-state index contributed by atoms with van der Waals surface area (Å²) in [6, 6.07) is 13.3. The summed E-state index contributed by atoms with van der Waals surface area (Å²) >= 11 is 0. The van der Waals surface area contributed by atoms with Crippen molar-refractivity contribution in [2.24, 2.45) is 0 Å². The van der Waals surface area contributed by atoms with Crippen LogP contribution < -0.4 is 0 Å². The van der Waals surface area contributed by atoms with E-state index in [2.05, 4.69) is 77.7 Å². The number of hydrogen-bond acceptors (Lipinski definition) is 1. The minimum Gasteiger partial charge on any atom is -0.298 e. The zero-order chi connectivity index (χ0) is 22.5. The molecule has 1 unspecified atom stereocenters. The van der Waals surface area contributed by atoms with E-state index in [4.69, 9.17) is 0 Å². The van der Waals surface area contributed by atoms with Gasteiger partial charge in [0.2, 0.25) is 0 Å². The van der Waals surface area contributed by atoms with Crippen molar-refractivity contribution in [3.05, 3.63) is 71.8 Å². The molecule has 1 rings (SSSR count). The van der Waals surface area contributed by atoms with E-state index in [9.17, 15) is 0 Å². The Morgan fingerprint density at radius 2 is 1.45 bits per heavy atom. The molecule has 166 valence electrons. The van der Waals surface area contributed by atoms with Crippen molar-refractivity contribution in [1.29, 1.82) is 0 Å². The molecule has 0 aliphatic heterocycles. The van der Waals surface area contributed by atoms with Crippen LogP contribution in [0.25, 0.3) is 0 Å². The molecule has 0 spiro atoms. The molecule has 0 heterocycles. The van der Waals surface area contributed by atoms with E-state index >= 15 is 0 Å². The van der Waals surface area contributed by atoms with Crippen molar-refractivity contribution in [3.8, 4) is 0 Å². The number of nitrogens with zero attached hydrogens (tertiary/aromatic N) is 1. The third kappa shape index (κ3) is 17.0. The van der Waals surface area contributed by atoms with Crippen LogP contribution in [0, 0.1) is 0 Å². The highest BCUT2D eigenvalue weighted by Gasteiger charge is 2.14. The van der Waals surface area contributed by atoms with Crippen molar-refractivity contribution < 1.29 is 0 Å². The normalized spacial score (nSPS) is 13.1. The number of allylic oxidation sites excluding steroid dienone is 6. The first kappa shape index (κ1) is 29.6. The van der Waals surface area contributed by atoms with Crippen LogP contribution in [0.1, 0.15) is 88.0 Å². The molecule has 0 saturated carbocycles. The Bertz CT molecular complexity index is 510. The van der Waals surface area contributed by atoms with Crippen LogP contribution in [0.2, 0.25) is 0 Å². The first-order valence-corrected chi connectivity index (χ1v) is 11.7. The summed E-state index contributed by atoms with van der Waals surface area (Å²) in [5.41, 5.74) is 2.92. The topological polar surface area (TPSA) is 3.24 Å². The van der Waals surface area contributed by atoms with Gasteiger partial charge in [0.15, 0.2) is 0 Å². The summed E-state index contributed by atoms with van der Waals surface area (Å²) in [4.78, 5) is 2.63. The van der Waals surface area contributed by atoms with Crippen LogP contribution in [0.15, 0.2) is 71.8 Å². The van der Waals surface area contributed by atoms with Gasteiger partial charge in [-0.05, 0) is 72.4 Å². The Labute approximate surface area is 183 Å². The highest BCUT2D eigenvalue weighted by molar-refractivity contribution is 5.26. The lowest BCUT2D eigenvalue weighted by Crippen LogP contribution is -2.39. The summed E-state index contributed by atoms with van der Waals surface area (Å²) in [5, 5.41) is 0. The van der Waals surface area contributed by atoms with Crippen LogP contribution in [0.5, 0.6) is 0 Å². The third-order valence-corrected chi connectivity index (χ3v) is 4.82. The predicted molar refractivity (Wildman–Crippen MR) is 136 cm³/mol. The fourth-order valence-corrected chi connectivity index (χ4v) is 3.02. The molecule has 29 heavy (non-hydrogen) atoms. The van der Waals surface area contributed by atoms with Gasteiger partial charge in [0, 0.05) is 12.1 Å². The Hall–Kier alpha value is -1.60. The first-order valence-electron chi connectivity index (χ1n) is 11.7. The van der Waals surface area contributed by atoms with Gasteiger partial charge in [-0.2, -0.15) is 0 Å². The largest absolute Gasteiger partial charge is 0.298 e. The van der Waals surface area contributed by atoms with E-state index in [0.717, 1.165) is 6.42 Å². The van der Waals surface area contributed by atoms with Crippen LogP contribution in [0.3, 0.4) is 0 Å². The van der Waals surface area contributed by atoms with Gasteiger partial charge in [-0.3, -0.25) is 4.90 Å². The smallest absolute Gasteiger partial charge is 0.00670 e. The van der Waals surface area contributed by atoms with Gasteiger partial charge < -0.3 is 0 Å². The Kier molecular flexibility index (Phi) is 21.6. The van der Waals surface area contributed by atoms with E-state index in [1.54, 1.807) is 0 Å². The van der Waals surface area contributed by atoms with E-state index in [1.807, 2.05) is 50.2 Å². The average Bonchev–Trinajstić information content (AvgIpc) is 2.76. The maximum absolute atomic E-state index is 2.63. The molecule has 0 radical (unpaired) electrons. The molecule has 1 aromatic rings. The molecular weight excluding hydrogens is 350 g/mol. The first-order chi connectivity index (χ1) is 14.0. The molecule has 1 heteroatoms. The molecule has 0 aliphatic carbocycles. The van der Waals surface area contributed by atoms with E-state index < -0.39 is 0 Å². The van der Waals surface area contributed by atoms with Crippen molar-refractivity contribution in [2.75, 3.05) is 6.54 Å². The SMILES string of the molecule is C/C=C/C=C(\C=C(/C)CCCN(C(C)C)C(C)CC)CC.CC.c1ccccc1. The summed E-state index contributed by atoms with van der Waals surface area (Å²) in [7, 11) is 0. The maximum atomic E-state index is 2.63. The Morgan fingerprint density at radius 3 is 1.83 bits per heavy atom. The molecule has 0 amide bonds. The van der Waals surface area contributed by atoms with Crippen LogP contribution in [0.4, 0.5) is 0 Å². The molecule has 1 atom stereocenters. The van der Waals surface area contributed by atoms with Gasteiger partial charge in [0.25, 0.3) is 0 Å². The molecule has 0 aliphatic rings. The molecule has 0 bridgehead atoms. The van der Waals surface area contributed by atoms with Crippen LogP contribution in [-0.2, 0) is 0 Å². The number of benzene rings is 1. The molecule has 1 nitrogen and oxygen atoms in total. The van der Waals surface area contributed by atoms with Gasteiger partial charge in [0.05, 0.1) is 0 Å². The van der Waals surface area contributed by atoms with E-state index in [0.29, 0.717) is 12.1 Å². The summed E-state index contributed by atoms with van der Waals surface area (Å²) < 4.78 is 0. The van der Waals surface area contributed by atoms with Crippen molar-refractivity contribution in [1.82, 2.24) is 4.90 Å². The van der Waals surface area contributed by atoms with Crippen LogP contribution in [-0.4, -0.2) is 23.5 Å². The second kappa shape index (κ2) is 21.1.